The molecule has 0 aromatic heterocycles. The largest absolute Gasteiger partial charge is 0.496 e. The third kappa shape index (κ3) is 5.45. The minimum absolute atomic E-state index is 0.197. The number of benzene rings is 3. The molecular weight excluding hydrogens is 456 g/mol. The smallest absolute Gasteiger partial charge is 0.320 e. The van der Waals surface area contributed by atoms with E-state index in [4.69, 9.17) is 14.2 Å². The zero-order valence-electron chi connectivity index (χ0n) is 20.6. The quantitative estimate of drug-likeness (QED) is 0.441. The molecule has 0 spiro atoms. The maximum Gasteiger partial charge on any atom is 0.320 e. The molecule has 0 aliphatic carbocycles. The molecule has 7 nitrogen and oxygen atoms in total. The van der Waals surface area contributed by atoms with Gasteiger partial charge in [0.05, 0.1) is 25.3 Å². The van der Waals surface area contributed by atoms with Crippen molar-refractivity contribution in [3.8, 4) is 34.4 Å². The van der Waals surface area contributed by atoms with Gasteiger partial charge in [0.25, 0.3) is 0 Å². The number of nitrogens with zero attached hydrogens (tertiary/aromatic N) is 2. The second-order valence-electron chi connectivity index (χ2n) is 8.73. The van der Waals surface area contributed by atoms with E-state index in [0.717, 1.165) is 35.1 Å². The number of carboxylic acids is 1. The van der Waals surface area contributed by atoms with Crippen LogP contribution in [0.2, 0.25) is 0 Å². The molecule has 7 heteroatoms. The minimum atomic E-state index is -0.807. The maximum absolute atomic E-state index is 11.8. The molecule has 186 valence electrons. The lowest BCUT2D eigenvalue weighted by atomic mass is 9.96. The topological polar surface area (TPSA) is 92.0 Å². The van der Waals surface area contributed by atoms with Crippen LogP contribution in [0.15, 0.2) is 60.7 Å². The number of piperidine rings is 1. The highest BCUT2D eigenvalue weighted by molar-refractivity contribution is 5.74. The van der Waals surface area contributed by atoms with Crippen molar-refractivity contribution in [3.63, 3.8) is 0 Å². The summed E-state index contributed by atoms with van der Waals surface area (Å²) in [6, 6.07) is 20.9. The first-order valence-corrected chi connectivity index (χ1v) is 12.0. The van der Waals surface area contributed by atoms with Gasteiger partial charge in [-0.25, -0.2) is 0 Å². The summed E-state index contributed by atoms with van der Waals surface area (Å²) in [4.78, 5) is 13.7. The van der Waals surface area contributed by atoms with E-state index in [1.54, 1.807) is 26.4 Å². The van der Waals surface area contributed by atoms with Crippen LogP contribution in [-0.4, -0.2) is 42.8 Å². The Kier molecular flexibility index (Phi) is 8.09. The second-order valence-corrected chi connectivity index (χ2v) is 8.73. The molecule has 0 radical (unpaired) electrons. The molecule has 0 saturated carbocycles. The molecule has 4 rings (SSSR count). The lowest BCUT2D eigenvalue weighted by Crippen LogP contribution is -2.44. The van der Waals surface area contributed by atoms with E-state index in [9.17, 15) is 15.2 Å². The van der Waals surface area contributed by atoms with Crippen LogP contribution in [0.5, 0.6) is 17.2 Å². The zero-order valence-corrected chi connectivity index (χ0v) is 20.6. The fraction of sp³-hybridized carbons (Fsp3) is 0.310. The van der Waals surface area contributed by atoms with Gasteiger partial charge in [0.1, 0.15) is 36.0 Å². The van der Waals surface area contributed by atoms with Gasteiger partial charge in [0.2, 0.25) is 0 Å². The van der Waals surface area contributed by atoms with Crippen LogP contribution in [0.25, 0.3) is 11.1 Å². The van der Waals surface area contributed by atoms with Gasteiger partial charge in [-0.15, -0.1) is 0 Å². The van der Waals surface area contributed by atoms with E-state index in [2.05, 4.69) is 6.07 Å². The fourth-order valence-corrected chi connectivity index (χ4v) is 4.73. The molecule has 36 heavy (non-hydrogen) atoms. The summed E-state index contributed by atoms with van der Waals surface area (Å²) in [5.41, 5.74) is 3.96. The monoisotopic (exact) mass is 486 g/mol. The lowest BCUT2D eigenvalue weighted by Gasteiger charge is -2.33. The van der Waals surface area contributed by atoms with Crippen molar-refractivity contribution in [2.45, 2.75) is 38.5 Å². The molecule has 3 aromatic rings. The molecule has 1 fully saturated rings. The molecule has 0 unspecified atom stereocenters. The number of hydrogen-bond acceptors (Lipinski definition) is 6. The van der Waals surface area contributed by atoms with Gasteiger partial charge in [-0.05, 0) is 30.5 Å². The Hall–Kier alpha value is -4.02. The van der Waals surface area contributed by atoms with E-state index < -0.39 is 12.0 Å². The van der Waals surface area contributed by atoms with Crippen molar-refractivity contribution in [1.29, 1.82) is 5.26 Å². The van der Waals surface area contributed by atoms with Gasteiger partial charge in [0.15, 0.2) is 0 Å². The molecular formula is C29H30N2O5. The third-order valence-electron chi connectivity index (χ3n) is 6.58. The fourth-order valence-electron chi connectivity index (χ4n) is 4.73. The average Bonchev–Trinajstić information content (AvgIpc) is 2.92. The normalized spacial score (nSPS) is 15.6. The van der Waals surface area contributed by atoms with Gasteiger partial charge in [-0.1, -0.05) is 55.0 Å². The van der Waals surface area contributed by atoms with E-state index in [-0.39, 0.29) is 6.61 Å². The van der Waals surface area contributed by atoms with Crippen LogP contribution >= 0.6 is 0 Å². The lowest BCUT2D eigenvalue weighted by molar-refractivity contribution is -0.144. The summed E-state index contributed by atoms with van der Waals surface area (Å²) in [7, 11) is 3.15. The minimum Gasteiger partial charge on any atom is -0.496 e. The number of methoxy groups -OCH3 is 2. The Morgan fingerprint density at radius 2 is 1.78 bits per heavy atom. The predicted octanol–water partition coefficient (Wildman–Crippen LogP) is 5.26. The van der Waals surface area contributed by atoms with Crippen molar-refractivity contribution in [1.82, 2.24) is 4.90 Å². The highest BCUT2D eigenvalue weighted by atomic mass is 16.5. The van der Waals surface area contributed by atoms with Crippen molar-refractivity contribution in [2.24, 2.45) is 0 Å². The van der Waals surface area contributed by atoms with Crippen molar-refractivity contribution < 1.29 is 24.1 Å². The van der Waals surface area contributed by atoms with Crippen LogP contribution < -0.4 is 14.2 Å². The summed E-state index contributed by atoms with van der Waals surface area (Å²) in [6.07, 6.45) is 2.49. The van der Waals surface area contributed by atoms with Crippen LogP contribution in [-0.2, 0) is 17.9 Å². The number of carbonyl (C=O) groups is 1. The van der Waals surface area contributed by atoms with Crippen molar-refractivity contribution in [3.05, 3.63) is 77.4 Å². The number of ether oxygens (including phenoxy) is 3. The molecule has 1 atom stereocenters. The molecule has 3 aromatic carbocycles. The molecule has 1 N–H and O–H groups in total. The van der Waals surface area contributed by atoms with Gasteiger partial charge >= 0.3 is 5.97 Å². The number of carboxylic acid groups (broad SMARTS) is 1. The highest BCUT2D eigenvalue weighted by Crippen LogP contribution is 2.37. The van der Waals surface area contributed by atoms with Gasteiger partial charge in [0, 0.05) is 24.2 Å². The third-order valence-corrected chi connectivity index (χ3v) is 6.58. The van der Waals surface area contributed by atoms with E-state index in [0.29, 0.717) is 42.3 Å². The van der Waals surface area contributed by atoms with Crippen LogP contribution in [0.3, 0.4) is 0 Å². The standard InChI is InChI=1S/C29H30N2O5/c1-34-27-15-22(16-28(35-2)25(27)18-31-14-7-6-13-26(31)29(32)33)36-19-21-11-8-12-23(24(21)17-30)20-9-4-3-5-10-20/h3-5,8-12,15-16,26H,6-7,13-14,18-19H2,1-2H3,(H,32,33)/t26-/m1/s1. The van der Waals surface area contributed by atoms with Crippen LogP contribution in [0.4, 0.5) is 0 Å². The predicted molar refractivity (Wildman–Crippen MR) is 136 cm³/mol. The summed E-state index contributed by atoms with van der Waals surface area (Å²) < 4.78 is 17.4. The summed E-state index contributed by atoms with van der Waals surface area (Å²) in [5, 5.41) is 19.5. The average molecular weight is 487 g/mol. The Balaban J connectivity index is 1.58. The molecule has 0 bridgehead atoms. The van der Waals surface area contributed by atoms with Gasteiger partial charge < -0.3 is 19.3 Å². The molecule has 1 heterocycles. The number of likely N-dealkylation sites (tertiary alicyclic amines) is 1. The first kappa shape index (κ1) is 25.1. The summed E-state index contributed by atoms with van der Waals surface area (Å²) in [5.74, 6) is 0.865. The first-order valence-electron chi connectivity index (χ1n) is 12.0. The van der Waals surface area contributed by atoms with E-state index >= 15 is 0 Å². The molecule has 1 saturated heterocycles. The van der Waals surface area contributed by atoms with Crippen molar-refractivity contribution >= 4 is 5.97 Å². The Labute approximate surface area is 211 Å². The number of rotatable bonds is 9. The van der Waals surface area contributed by atoms with Crippen LogP contribution in [0.1, 0.15) is 36.0 Å². The van der Waals surface area contributed by atoms with Crippen molar-refractivity contribution in [2.75, 3.05) is 20.8 Å². The molecule has 1 aliphatic heterocycles. The summed E-state index contributed by atoms with van der Waals surface area (Å²) in [6.45, 7) is 1.31. The molecule has 0 amide bonds. The second kappa shape index (κ2) is 11.6. The van der Waals surface area contributed by atoms with Gasteiger partial charge in [-0.3, -0.25) is 9.69 Å². The number of nitriles is 1. The number of hydrogen-bond donors (Lipinski definition) is 1. The summed E-state index contributed by atoms with van der Waals surface area (Å²) >= 11 is 0. The SMILES string of the molecule is COc1cc(OCc2cccc(-c3ccccc3)c2C#N)cc(OC)c1CN1CCCC[C@@H]1C(=O)O. The van der Waals surface area contributed by atoms with E-state index in [1.807, 2.05) is 53.4 Å². The Bertz CT molecular complexity index is 1230. The highest BCUT2D eigenvalue weighted by Gasteiger charge is 2.30. The number of aliphatic carboxylic acids is 1. The van der Waals surface area contributed by atoms with Gasteiger partial charge in [-0.2, -0.15) is 5.26 Å². The Morgan fingerprint density at radius 3 is 2.42 bits per heavy atom. The van der Waals surface area contributed by atoms with E-state index in [1.165, 1.54) is 0 Å². The van der Waals surface area contributed by atoms with Crippen LogP contribution in [0, 0.1) is 11.3 Å². The maximum atomic E-state index is 11.8. The Morgan fingerprint density at radius 1 is 1.06 bits per heavy atom. The molecule has 1 aliphatic rings. The first-order chi connectivity index (χ1) is 17.5. The zero-order chi connectivity index (χ0) is 25.5.